The van der Waals surface area contributed by atoms with E-state index in [9.17, 15) is 8.42 Å². The first-order chi connectivity index (χ1) is 13.1. The molecule has 1 rings (SSSR count). The first-order valence-corrected chi connectivity index (χ1v) is 11.3. The summed E-state index contributed by atoms with van der Waals surface area (Å²) in [7, 11) is -1.60. The molecular weight excluding hydrogens is 507 g/mol. The smallest absolute Gasteiger partial charge is 0.209 e. The first-order valence-electron chi connectivity index (χ1n) is 9.42. The molecule has 0 aliphatic carbocycles. The van der Waals surface area contributed by atoms with Gasteiger partial charge in [0.15, 0.2) is 17.5 Å². The Labute approximate surface area is 192 Å². The Morgan fingerprint density at radius 3 is 2.28 bits per heavy atom. The molecule has 168 valence electrons. The highest BCUT2D eigenvalue weighted by atomic mass is 127. The predicted octanol–water partition coefficient (Wildman–Crippen LogP) is 2.14. The van der Waals surface area contributed by atoms with Crippen LogP contribution in [0, 0.1) is 0 Å². The number of nitrogens with zero attached hydrogens (tertiary/aromatic N) is 1. The summed E-state index contributed by atoms with van der Waals surface area (Å²) >= 11 is 0. The van der Waals surface area contributed by atoms with E-state index in [-0.39, 0.29) is 24.0 Å². The largest absolute Gasteiger partial charge is 0.490 e. The zero-order valence-electron chi connectivity index (χ0n) is 18.2. The minimum absolute atomic E-state index is 0. The predicted molar refractivity (Wildman–Crippen MR) is 129 cm³/mol. The summed E-state index contributed by atoms with van der Waals surface area (Å²) in [5.41, 5.74) is 0.487. The number of rotatable bonds is 11. The highest BCUT2D eigenvalue weighted by Gasteiger charge is 2.22. The van der Waals surface area contributed by atoms with Crippen LogP contribution in [0.15, 0.2) is 23.2 Å². The van der Waals surface area contributed by atoms with Crippen molar-refractivity contribution in [2.75, 3.05) is 39.6 Å². The lowest BCUT2D eigenvalue weighted by atomic mass is 10.1. The quantitative estimate of drug-likeness (QED) is 0.225. The Kier molecular flexibility index (Phi) is 12.5. The van der Waals surface area contributed by atoms with Crippen LogP contribution in [0.4, 0.5) is 0 Å². The van der Waals surface area contributed by atoms with Crippen molar-refractivity contribution in [1.82, 2.24) is 15.4 Å². The second-order valence-electron chi connectivity index (χ2n) is 7.01. The molecule has 3 N–H and O–H groups in total. The van der Waals surface area contributed by atoms with Crippen molar-refractivity contribution in [3.63, 3.8) is 0 Å². The SMILES string of the molecule is CCOc1ccc(CCNC(=NC)NCC(C)(C)NS(C)(=O)=O)cc1OCC.I. The number of nitrogens with one attached hydrogen (secondary N) is 3. The zero-order valence-corrected chi connectivity index (χ0v) is 21.3. The third kappa shape index (κ3) is 11.5. The highest BCUT2D eigenvalue weighted by molar-refractivity contribution is 14.0. The van der Waals surface area contributed by atoms with Gasteiger partial charge in [0.2, 0.25) is 10.0 Å². The average molecular weight is 542 g/mol. The Balaban J connectivity index is 0.00000784. The second-order valence-corrected chi connectivity index (χ2v) is 8.76. The molecule has 10 heteroatoms. The summed E-state index contributed by atoms with van der Waals surface area (Å²) in [6.45, 7) is 9.74. The van der Waals surface area contributed by atoms with Crippen LogP contribution in [0.25, 0.3) is 0 Å². The molecule has 0 fully saturated rings. The van der Waals surface area contributed by atoms with E-state index in [0.717, 1.165) is 29.7 Å². The maximum absolute atomic E-state index is 11.4. The van der Waals surface area contributed by atoms with Crippen LogP contribution in [0.5, 0.6) is 11.5 Å². The third-order valence-electron chi connectivity index (χ3n) is 3.70. The van der Waals surface area contributed by atoms with Crippen LogP contribution in [0.3, 0.4) is 0 Å². The van der Waals surface area contributed by atoms with E-state index >= 15 is 0 Å². The van der Waals surface area contributed by atoms with Gasteiger partial charge in [-0.1, -0.05) is 6.07 Å². The number of hydrogen-bond donors (Lipinski definition) is 3. The van der Waals surface area contributed by atoms with Crippen LogP contribution in [0.1, 0.15) is 33.3 Å². The van der Waals surface area contributed by atoms with Crippen LogP contribution < -0.4 is 24.8 Å². The minimum atomic E-state index is -3.28. The molecular formula is C19H35IN4O4S. The lowest BCUT2D eigenvalue weighted by Gasteiger charge is -2.26. The maximum Gasteiger partial charge on any atom is 0.209 e. The van der Waals surface area contributed by atoms with Gasteiger partial charge in [0.05, 0.1) is 19.5 Å². The summed E-state index contributed by atoms with van der Waals surface area (Å²) in [5.74, 6) is 2.11. The number of hydrogen-bond acceptors (Lipinski definition) is 5. The number of ether oxygens (including phenoxy) is 2. The van der Waals surface area contributed by atoms with Crippen molar-refractivity contribution >= 4 is 40.0 Å². The molecule has 0 heterocycles. The van der Waals surface area contributed by atoms with E-state index < -0.39 is 15.6 Å². The summed E-state index contributed by atoms with van der Waals surface area (Å²) in [6.07, 6.45) is 1.92. The fraction of sp³-hybridized carbons (Fsp3) is 0.632. The Morgan fingerprint density at radius 1 is 1.10 bits per heavy atom. The summed E-state index contributed by atoms with van der Waals surface area (Å²) in [5, 5.41) is 6.38. The lowest BCUT2D eigenvalue weighted by Crippen LogP contribution is -2.53. The number of aliphatic imine (C=N–C) groups is 1. The van der Waals surface area contributed by atoms with Crippen molar-refractivity contribution in [2.24, 2.45) is 4.99 Å². The summed E-state index contributed by atoms with van der Waals surface area (Å²) in [4.78, 5) is 4.18. The van der Waals surface area contributed by atoms with E-state index in [1.807, 2.05) is 45.9 Å². The van der Waals surface area contributed by atoms with Gasteiger partial charge in [-0.2, -0.15) is 0 Å². The molecule has 8 nitrogen and oxygen atoms in total. The van der Waals surface area contributed by atoms with Crippen LogP contribution >= 0.6 is 24.0 Å². The lowest BCUT2D eigenvalue weighted by molar-refractivity contribution is 0.287. The van der Waals surface area contributed by atoms with Gasteiger partial charge in [-0.15, -0.1) is 24.0 Å². The van der Waals surface area contributed by atoms with Crippen LogP contribution in [0.2, 0.25) is 0 Å². The molecule has 1 aromatic carbocycles. The Bertz CT molecular complexity index is 755. The standard InChI is InChI=1S/C19H34N4O4S.HI/c1-7-26-16-10-9-15(13-17(16)27-8-2)11-12-21-18(20-5)22-14-19(3,4)23-28(6,24)25;/h9-10,13,23H,7-8,11-12,14H2,1-6H3,(H2,20,21,22);1H. The maximum atomic E-state index is 11.4. The fourth-order valence-electron chi connectivity index (χ4n) is 2.64. The van der Waals surface area contributed by atoms with Crippen molar-refractivity contribution < 1.29 is 17.9 Å². The van der Waals surface area contributed by atoms with Crippen molar-refractivity contribution in [2.45, 2.75) is 39.7 Å². The van der Waals surface area contributed by atoms with Gasteiger partial charge in [-0.05, 0) is 51.8 Å². The van der Waals surface area contributed by atoms with E-state index in [1.54, 1.807) is 7.05 Å². The van der Waals surface area contributed by atoms with Crippen molar-refractivity contribution in [3.8, 4) is 11.5 Å². The molecule has 0 bridgehead atoms. The van der Waals surface area contributed by atoms with E-state index in [1.165, 1.54) is 0 Å². The van der Waals surface area contributed by atoms with Crippen LogP contribution in [-0.2, 0) is 16.4 Å². The number of guanidine groups is 1. The molecule has 0 unspecified atom stereocenters. The van der Waals surface area contributed by atoms with Gasteiger partial charge >= 0.3 is 0 Å². The van der Waals surface area contributed by atoms with Gasteiger partial charge in [-0.3, -0.25) is 4.99 Å². The molecule has 29 heavy (non-hydrogen) atoms. The van der Waals surface area contributed by atoms with E-state index in [2.05, 4.69) is 20.3 Å². The molecule has 0 radical (unpaired) electrons. The topological polar surface area (TPSA) is 101 Å². The van der Waals surface area contributed by atoms with Gasteiger partial charge in [-0.25, -0.2) is 13.1 Å². The molecule has 0 amide bonds. The third-order valence-corrected chi connectivity index (χ3v) is 4.62. The molecule has 0 atom stereocenters. The Hall–Kier alpha value is -1.27. The molecule has 0 saturated carbocycles. The summed E-state index contributed by atoms with van der Waals surface area (Å²) in [6, 6.07) is 5.94. The number of benzene rings is 1. The van der Waals surface area contributed by atoms with Gasteiger partial charge < -0.3 is 20.1 Å². The molecule has 0 spiro atoms. The fourth-order valence-corrected chi connectivity index (χ4v) is 3.72. The van der Waals surface area contributed by atoms with Crippen molar-refractivity contribution in [3.05, 3.63) is 23.8 Å². The van der Waals surface area contributed by atoms with E-state index in [0.29, 0.717) is 32.3 Å². The normalized spacial score (nSPS) is 12.1. The molecule has 0 aliphatic heterocycles. The number of sulfonamides is 1. The van der Waals surface area contributed by atoms with E-state index in [4.69, 9.17) is 9.47 Å². The van der Waals surface area contributed by atoms with Gasteiger partial charge in [0, 0.05) is 25.7 Å². The molecule has 0 aliphatic rings. The highest BCUT2D eigenvalue weighted by Crippen LogP contribution is 2.28. The Morgan fingerprint density at radius 2 is 1.72 bits per heavy atom. The molecule has 1 aromatic rings. The van der Waals surface area contributed by atoms with Gasteiger partial charge in [0.25, 0.3) is 0 Å². The molecule has 0 saturated heterocycles. The van der Waals surface area contributed by atoms with Gasteiger partial charge in [0.1, 0.15) is 0 Å². The van der Waals surface area contributed by atoms with Crippen molar-refractivity contribution in [1.29, 1.82) is 0 Å². The minimum Gasteiger partial charge on any atom is -0.490 e. The molecule has 0 aromatic heterocycles. The average Bonchev–Trinajstić information content (AvgIpc) is 2.58. The van der Waals surface area contributed by atoms with Crippen LogP contribution in [-0.4, -0.2) is 59.5 Å². The second kappa shape index (κ2) is 13.1. The zero-order chi connectivity index (χ0) is 21.2. The monoisotopic (exact) mass is 542 g/mol. The summed E-state index contributed by atoms with van der Waals surface area (Å²) < 4.78 is 36.7. The first kappa shape index (κ1) is 27.7. The number of halogens is 1.